The van der Waals surface area contributed by atoms with E-state index in [1.165, 1.54) is 0 Å². The summed E-state index contributed by atoms with van der Waals surface area (Å²) in [4.78, 5) is 0. The summed E-state index contributed by atoms with van der Waals surface area (Å²) in [5.41, 5.74) is 0. The number of rotatable bonds is 12. The highest BCUT2D eigenvalue weighted by Crippen LogP contribution is 2.08. The summed E-state index contributed by atoms with van der Waals surface area (Å²) in [6.07, 6.45) is 7.60. The Balaban J connectivity index is 3.69. The minimum absolute atomic E-state index is 0.380. The van der Waals surface area contributed by atoms with Crippen LogP contribution in [0.5, 0.6) is 0 Å². The van der Waals surface area contributed by atoms with Crippen molar-refractivity contribution in [2.24, 2.45) is 0 Å². The summed E-state index contributed by atoms with van der Waals surface area (Å²) in [6, 6.07) is 3.97. The van der Waals surface area contributed by atoms with Crippen molar-refractivity contribution < 1.29 is 8.42 Å². The molecular weight excluding hydrogens is 274 g/mol. The number of nitriles is 2. The van der Waals surface area contributed by atoms with Gasteiger partial charge in [-0.2, -0.15) is 10.5 Å². The minimum Gasteiger partial charge on any atom is -0.214 e. The maximum atomic E-state index is 11.8. The van der Waals surface area contributed by atoms with Gasteiger partial charge in [0.15, 0.2) is 5.25 Å². The molecule has 0 aromatic carbocycles. The van der Waals surface area contributed by atoms with Crippen molar-refractivity contribution in [3.05, 3.63) is 0 Å². The van der Waals surface area contributed by atoms with Crippen LogP contribution in [0.3, 0.4) is 0 Å². The lowest BCUT2D eigenvalue weighted by atomic mass is 10.1. The van der Waals surface area contributed by atoms with Gasteiger partial charge in [0, 0.05) is 13.0 Å². The third-order valence-electron chi connectivity index (χ3n) is 3.09. The Morgan fingerprint density at radius 2 is 1.65 bits per heavy atom. The monoisotopic (exact) mass is 299 g/mol. The summed E-state index contributed by atoms with van der Waals surface area (Å²) in [5, 5.41) is 16.3. The van der Waals surface area contributed by atoms with Crippen LogP contribution < -0.4 is 4.72 Å². The minimum atomic E-state index is -3.49. The van der Waals surface area contributed by atoms with Gasteiger partial charge in [0.05, 0.1) is 12.1 Å². The number of sulfonamides is 1. The Bertz CT molecular complexity index is 421. The molecule has 0 fully saturated rings. The largest absolute Gasteiger partial charge is 0.227 e. The summed E-state index contributed by atoms with van der Waals surface area (Å²) >= 11 is 0. The molecule has 0 heterocycles. The third-order valence-corrected chi connectivity index (χ3v) is 4.78. The molecule has 0 radical (unpaired) electrons. The van der Waals surface area contributed by atoms with E-state index in [0.29, 0.717) is 25.8 Å². The smallest absolute Gasteiger partial charge is 0.214 e. The lowest BCUT2D eigenvalue weighted by Gasteiger charge is -2.10. The molecule has 0 bridgehead atoms. The van der Waals surface area contributed by atoms with Crippen LogP contribution in [-0.4, -0.2) is 20.2 Å². The maximum absolute atomic E-state index is 11.8. The molecule has 0 saturated carbocycles. The van der Waals surface area contributed by atoms with E-state index in [0.717, 1.165) is 38.5 Å². The molecular formula is C14H25N3O2S. The van der Waals surface area contributed by atoms with E-state index in [-0.39, 0.29) is 0 Å². The van der Waals surface area contributed by atoms with Gasteiger partial charge < -0.3 is 0 Å². The van der Waals surface area contributed by atoms with Crippen molar-refractivity contribution in [3.8, 4) is 12.1 Å². The lowest BCUT2D eigenvalue weighted by molar-refractivity contribution is 0.557. The number of unbranched alkanes of at least 4 members (excludes halogenated alkanes) is 6. The van der Waals surface area contributed by atoms with E-state index in [9.17, 15) is 8.42 Å². The molecule has 0 amide bonds. The molecule has 0 aliphatic rings. The Kier molecular flexibility index (Phi) is 11.0. The van der Waals surface area contributed by atoms with Crippen LogP contribution in [0.4, 0.5) is 0 Å². The standard InChI is InChI=1S/C14H25N3O2S/c1-2-10-14(13-16)20(18,19)17-12-9-7-5-3-4-6-8-11-15/h14,17H,2-10,12H2,1H3. The van der Waals surface area contributed by atoms with Gasteiger partial charge in [0.2, 0.25) is 10.0 Å². The van der Waals surface area contributed by atoms with Gasteiger partial charge in [-0.05, 0) is 19.3 Å². The zero-order valence-corrected chi connectivity index (χ0v) is 13.1. The number of hydrogen-bond donors (Lipinski definition) is 1. The second-order valence-corrected chi connectivity index (χ2v) is 6.82. The first kappa shape index (κ1) is 18.9. The average molecular weight is 299 g/mol. The molecule has 1 atom stereocenters. The van der Waals surface area contributed by atoms with E-state index in [4.69, 9.17) is 10.5 Å². The molecule has 6 heteroatoms. The van der Waals surface area contributed by atoms with Gasteiger partial charge in [-0.3, -0.25) is 0 Å². The first-order chi connectivity index (χ1) is 9.58. The summed E-state index contributed by atoms with van der Waals surface area (Å²) < 4.78 is 26.1. The zero-order chi connectivity index (χ0) is 15.3. The molecule has 0 rings (SSSR count). The van der Waals surface area contributed by atoms with E-state index in [1.54, 1.807) is 0 Å². The number of nitrogens with one attached hydrogen (secondary N) is 1. The van der Waals surface area contributed by atoms with Gasteiger partial charge >= 0.3 is 0 Å². The average Bonchev–Trinajstić information content (AvgIpc) is 2.42. The highest BCUT2D eigenvalue weighted by molar-refractivity contribution is 7.90. The number of nitrogens with zero attached hydrogens (tertiary/aromatic N) is 2. The summed E-state index contributed by atoms with van der Waals surface area (Å²) in [7, 11) is -3.49. The molecule has 1 unspecified atom stereocenters. The van der Waals surface area contributed by atoms with Crippen LogP contribution in [0.15, 0.2) is 0 Å². The molecule has 1 N–H and O–H groups in total. The zero-order valence-electron chi connectivity index (χ0n) is 12.3. The van der Waals surface area contributed by atoms with Crippen molar-refractivity contribution in [2.75, 3.05) is 6.54 Å². The van der Waals surface area contributed by atoms with Crippen LogP contribution in [0.2, 0.25) is 0 Å². The van der Waals surface area contributed by atoms with Gasteiger partial charge in [0.25, 0.3) is 0 Å². The van der Waals surface area contributed by atoms with Crippen LogP contribution in [0.1, 0.15) is 64.7 Å². The summed E-state index contributed by atoms with van der Waals surface area (Å²) in [6.45, 7) is 2.27. The van der Waals surface area contributed by atoms with E-state index < -0.39 is 15.3 Å². The van der Waals surface area contributed by atoms with Crippen LogP contribution in [0.25, 0.3) is 0 Å². The van der Waals surface area contributed by atoms with Gasteiger partial charge in [-0.15, -0.1) is 0 Å². The van der Waals surface area contributed by atoms with E-state index in [1.807, 2.05) is 13.0 Å². The third kappa shape index (κ3) is 8.90. The SMILES string of the molecule is CCCC(C#N)S(=O)(=O)NCCCCCCCCC#N. The molecule has 0 aliphatic carbocycles. The van der Waals surface area contributed by atoms with Crippen LogP contribution in [-0.2, 0) is 10.0 Å². The Labute approximate surface area is 123 Å². The predicted molar refractivity (Wildman–Crippen MR) is 79.2 cm³/mol. The molecule has 0 saturated heterocycles. The van der Waals surface area contributed by atoms with Crippen molar-refractivity contribution in [1.82, 2.24) is 4.72 Å². The highest BCUT2D eigenvalue weighted by Gasteiger charge is 2.23. The Hall–Kier alpha value is -1.11. The van der Waals surface area contributed by atoms with Crippen molar-refractivity contribution in [1.29, 1.82) is 10.5 Å². The van der Waals surface area contributed by atoms with Crippen molar-refractivity contribution in [2.45, 2.75) is 70.0 Å². The van der Waals surface area contributed by atoms with E-state index in [2.05, 4.69) is 10.8 Å². The van der Waals surface area contributed by atoms with Gasteiger partial charge in [-0.1, -0.05) is 39.0 Å². The molecule has 114 valence electrons. The highest BCUT2D eigenvalue weighted by atomic mass is 32.2. The fourth-order valence-corrected chi connectivity index (χ4v) is 3.22. The Morgan fingerprint density at radius 3 is 2.20 bits per heavy atom. The molecule has 5 nitrogen and oxygen atoms in total. The van der Waals surface area contributed by atoms with Crippen LogP contribution in [0, 0.1) is 22.7 Å². The fourth-order valence-electron chi connectivity index (χ4n) is 1.90. The normalized spacial score (nSPS) is 12.6. The fraction of sp³-hybridized carbons (Fsp3) is 0.857. The summed E-state index contributed by atoms with van der Waals surface area (Å²) in [5.74, 6) is 0. The second kappa shape index (κ2) is 11.7. The van der Waals surface area contributed by atoms with Gasteiger partial charge in [0.1, 0.15) is 0 Å². The van der Waals surface area contributed by atoms with Gasteiger partial charge in [-0.25, -0.2) is 13.1 Å². The van der Waals surface area contributed by atoms with Crippen molar-refractivity contribution >= 4 is 10.0 Å². The predicted octanol–water partition coefficient (Wildman–Crippen LogP) is 2.85. The quantitative estimate of drug-likeness (QED) is 0.561. The van der Waals surface area contributed by atoms with E-state index >= 15 is 0 Å². The molecule has 20 heavy (non-hydrogen) atoms. The topological polar surface area (TPSA) is 93.8 Å². The molecule has 0 aromatic rings. The van der Waals surface area contributed by atoms with Crippen molar-refractivity contribution in [3.63, 3.8) is 0 Å². The maximum Gasteiger partial charge on any atom is 0.227 e. The molecule has 0 aromatic heterocycles. The molecule has 0 aliphatic heterocycles. The first-order valence-corrected chi connectivity index (χ1v) is 8.88. The van der Waals surface area contributed by atoms with Crippen LogP contribution >= 0.6 is 0 Å². The Morgan fingerprint density at radius 1 is 1.05 bits per heavy atom. The molecule has 0 spiro atoms. The number of hydrogen-bond acceptors (Lipinski definition) is 4. The second-order valence-electron chi connectivity index (χ2n) is 4.88. The lowest BCUT2D eigenvalue weighted by Crippen LogP contribution is -2.34. The first-order valence-electron chi connectivity index (χ1n) is 7.33.